The number of hydrogen-bond donors (Lipinski definition) is 1. The Kier molecular flexibility index (Phi) is 2.06. The molecule has 1 heterocycles. The summed E-state index contributed by atoms with van der Waals surface area (Å²) in [4.78, 5) is 3.05. The van der Waals surface area contributed by atoms with E-state index in [1.165, 1.54) is 11.6 Å². The average Bonchev–Trinajstić information content (AvgIpc) is 2.47. The van der Waals surface area contributed by atoms with Crippen LogP contribution in [-0.4, -0.2) is 4.98 Å². The second kappa shape index (κ2) is 3.12. The van der Waals surface area contributed by atoms with Crippen molar-refractivity contribution < 1.29 is 4.39 Å². The number of aromatic nitrogens is 1. The van der Waals surface area contributed by atoms with Gasteiger partial charge in [-0.3, -0.25) is 0 Å². The largest absolute Gasteiger partial charge is 0.356 e. The van der Waals surface area contributed by atoms with E-state index in [0.717, 1.165) is 11.1 Å². The summed E-state index contributed by atoms with van der Waals surface area (Å²) in [7, 11) is 0. The summed E-state index contributed by atoms with van der Waals surface area (Å²) in [6, 6.07) is 5.41. The molecule has 0 amide bonds. The molecule has 0 saturated heterocycles. The standard InChI is InChI=1S/C12H14FN/c1-7(2)9-4-5-11(13)12-10(9)6-8(3)14-12/h4-7,14H,1-3H3. The van der Waals surface area contributed by atoms with E-state index in [4.69, 9.17) is 0 Å². The molecule has 0 aliphatic rings. The third kappa shape index (κ3) is 1.31. The molecule has 2 rings (SSSR count). The van der Waals surface area contributed by atoms with Crippen LogP contribution in [0.5, 0.6) is 0 Å². The van der Waals surface area contributed by atoms with Crippen LogP contribution in [0.15, 0.2) is 18.2 Å². The third-order valence-electron chi connectivity index (χ3n) is 2.53. The fourth-order valence-electron chi connectivity index (χ4n) is 1.84. The van der Waals surface area contributed by atoms with Crippen LogP contribution in [0.1, 0.15) is 31.0 Å². The van der Waals surface area contributed by atoms with Gasteiger partial charge >= 0.3 is 0 Å². The third-order valence-corrected chi connectivity index (χ3v) is 2.53. The Morgan fingerprint density at radius 3 is 2.64 bits per heavy atom. The number of benzene rings is 1. The van der Waals surface area contributed by atoms with Gasteiger partial charge in [0.2, 0.25) is 0 Å². The van der Waals surface area contributed by atoms with Crippen molar-refractivity contribution in [2.45, 2.75) is 26.7 Å². The van der Waals surface area contributed by atoms with Gasteiger partial charge < -0.3 is 4.98 Å². The summed E-state index contributed by atoms with van der Waals surface area (Å²) in [6.07, 6.45) is 0. The lowest BCUT2D eigenvalue weighted by molar-refractivity contribution is 0.636. The molecule has 1 N–H and O–H groups in total. The highest BCUT2D eigenvalue weighted by Gasteiger charge is 2.10. The van der Waals surface area contributed by atoms with Crippen molar-refractivity contribution in [2.24, 2.45) is 0 Å². The molecule has 0 fully saturated rings. The molecule has 14 heavy (non-hydrogen) atoms. The lowest BCUT2D eigenvalue weighted by Crippen LogP contribution is -1.89. The Hall–Kier alpha value is -1.31. The number of H-pyrrole nitrogens is 1. The van der Waals surface area contributed by atoms with Gasteiger partial charge in [-0.1, -0.05) is 19.9 Å². The van der Waals surface area contributed by atoms with Gasteiger partial charge in [-0.2, -0.15) is 0 Å². The molecule has 0 bridgehead atoms. The predicted octanol–water partition coefficient (Wildman–Crippen LogP) is 3.74. The lowest BCUT2D eigenvalue weighted by atomic mass is 9.99. The van der Waals surface area contributed by atoms with Gasteiger partial charge in [-0.25, -0.2) is 4.39 Å². The molecular weight excluding hydrogens is 177 g/mol. The van der Waals surface area contributed by atoms with Crippen molar-refractivity contribution >= 4 is 10.9 Å². The van der Waals surface area contributed by atoms with Crippen LogP contribution in [0.2, 0.25) is 0 Å². The Balaban J connectivity index is 2.81. The van der Waals surface area contributed by atoms with Crippen molar-refractivity contribution in [3.8, 4) is 0 Å². The smallest absolute Gasteiger partial charge is 0.147 e. The molecule has 0 radical (unpaired) electrons. The van der Waals surface area contributed by atoms with Crippen molar-refractivity contribution in [1.82, 2.24) is 4.98 Å². The van der Waals surface area contributed by atoms with Crippen LogP contribution in [-0.2, 0) is 0 Å². The summed E-state index contributed by atoms with van der Waals surface area (Å²) in [5.41, 5.74) is 2.84. The zero-order valence-electron chi connectivity index (χ0n) is 8.69. The number of rotatable bonds is 1. The Bertz CT molecular complexity index is 468. The van der Waals surface area contributed by atoms with Crippen LogP contribution in [0.25, 0.3) is 10.9 Å². The first kappa shape index (κ1) is 9.25. The molecule has 1 aromatic carbocycles. The summed E-state index contributed by atoms with van der Waals surface area (Å²) >= 11 is 0. The molecular formula is C12H14FN. The van der Waals surface area contributed by atoms with E-state index in [9.17, 15) is 4.39 Å². The zero-order chi connectivity index (χ0) is 10.3. The monoisotopic (exact) mass is 191 g/mol. The van der Waals surface area contributed by atoms with E-state index >= 15 is 0 Å². The molecule has 2 heteroatoms. The first-order valence-corrected chi connectivity index (χ1v) is 4.87. The second-order valence-corrected chi connectivity index (χ2v) is 4.03. The number of fused-ring (bicyclic) bond motifs is 1. The molecule has 0 spiro atoms. The van der Waals surface area contributed by atoms with Gasteiger partial charge in [0.15, 0.2) is 0 Å². The number of halogens is 1. The molecule has 0 atom stereocenters. The van der Waals surface area contributed by atoms with E-state index in [-0.39, 0.29) is 5.82 Å². The van der Waals surface area contributed by atoms with E-state index in [1.807, 2.05) is 19.1 Å². The van der Waals surface area contributed by atoms with Gasteiger partial charge in [0.25, 0.3) is 0 Å². The molecule has 74 valence electrons. The van der Waals surface area contributed by atoms with Crippen molar-refractivity contribution in [1.29, 1.82) is 0 Å². The van der Waals surface area contributed by atoms with E-state index < -0.39 is 0 Å². The molecule has 1 aromatic heterocycles. The van der Waals surface area contributed by atoms with E-state index in [1.54, 1.807) is 0 Å². The summed E-state index contributed by atoms with van der Waals surface area (Å²) in [6.45, 7) is 6.19. The van der Waals surface area contributed by atoms with Crippen LogP contribution in [0.4, 0.5) is 4.39 Å². The van der Waals surface area contributed by atoms with Gasteiger partial charge in [0.1, 0.15) is 5.82 Å². The maximum Gasteiger partial charge on any atom is 0.147 e. The minimum absolute atomic E-state index is 0.169. The number of aromatic amines is 1. The minimum atomic E-state index is -0.169. The van der Waals surface area contributed by atoms with Crippen LogP contribution < -0.4 is 0 Å². The topological polar surface area (TPSA) is 15.8 Å². The highest BCUT2D eigenvalue weighted by atomic mass is 19.1. The SMILES string of the molecule is Cc1cc2c(C(C)C)ccc(F)c2[nH]1. The Morgan fingerprint density at radius 1 is 1.29 bits per heavy atom. The maximum atomic E-state index is 13.4. The molecule has 2 aromatic rings. The quantitative estimate of drug-likeness (QED) is 0.706. The minimum Gasteiger partial charge on any atom is -0.356 e. The number of nitrogens with one attached hydrogen (secondary N) is 1. The van der Waals surface area contributed by atoms with E-state index in [2.05, 4.69) is 18.8 Å². The fourth-order valence-corrected chi connectivity index (χ4v) is 1.84. The molecule has 0 aliphatic carbocycles. The van der Waals surface area contributed by atoms with Gasteiger partial charge in [0, 0.05) is 11.1 Å². The fraction of sp³-hybridized carbons (Fsp3) is 0.333. The van der Waals surface area contributed by atoms with Crippen LogP contribution in [0.3, 0.4) is 0 Å². The highest BCUT2D eigenvalue weighted by molar-refractivity contribution is 5.84. The van der Waals surface area contributed by atoms with Gasteiger partial charge in [0.05, 0.1) is 5.52 Å². The summed E-state index contributed by atoms with van der Waals surface area (Å²) in [5.74, 6) is 0.255. The predicted molar refractivity (Wildman–Crippen MR) is 57.1 cm³/mol. The van der Waals surface area contributed by atoms with Crippen LogP contribution in [0, 0.1) is 12.7 Å². The molecule has 1 nitrogen and oxygen atoms in total. The van der Waals surface area contributed by atoms with Crippen LogP contribution >= 0.6 is 0 Å². The van der Waals surface area contributed by atoms with Gasteiger partial charge in [-0.05, 0) is 30.5 Å². The second-order valence-electron chi connectivity index (χ2n) is 4.03. The van der Waals surface area contributed by atoms with Crippen molar-refractivity contribution in [3.63, 3.8) is 0 Å². The molecule has 0 saturated carbocycles. The Labute approximate surface area is 82.9 Å². The lowest BCUT2D eigenvalue weighted by Gasteiger charge is -2.06. The molecule has 0 unspecified atom stereocenters. The highest BCUT2D eigenvalue weighted by Crippen LogP contribution is 2.27. The normalized spacial score (nSPS) is 11.5. The summed E-state index contributed by atoms with van der Waals surface area (Å²) < 4.78 is 13.4. The molecule has 0 aliphatic heterocycles. The van der Waals surface area contributed by atoms with Gasteiger partial charge in [-0.15, -0.1) is 0 Å². The summed E-state index contributed by atoms with van der Waals surface area (Å²) in [5, 5.41) is 1.01. The average molecular weight is 191 g/mol. The zero-order valence-corrected chi connectivity index (χ0v) is 8.69. The maximum absolute atomic E-state index is 13.4. The Morgan fingerprint density at radius 2 is 2.00 bits per heavy atom. The van der Waals surface area contributed by atoms with E-state index in [0.29, 0.717) is 11.4 Å². The number of hydrogen-bond acceptors (Lipinski definition) is 0. The first-order chi connectivity index (χ1) is 6.59. The first-order valence-electron chi connectivity index (χ1n) is 4.87. The van der Waals surface area contributed by atoms with Crippen molar-refractivity contribution in [3.05, 3.63) is 35.3 Å². The number of aryl methyl sites for hydroxylation is 1. The van der Waals surface area contributed by atoms with Crippen molar-refractivity contribution in [2.75, 3.05) is 0 Å².